The number of carbonyl (C=O) groups is 2. The van der Waals surface area contributed by atoms with E-state index in [1.54, 1.807) is 55.5 Å². The zero-order valence-electron chi connectivity index (χ0n) is 34.8. The molecule has 0 aromatic heterocycles. The van der Waals surface area contributed by atoms with Crippen molar-refractivity contribution in [3.8, 4) is 11.5 Å². The normalized spacial score (nSPS) is 11.1. The van der Waals surface area contributed by atoms with E-state index in [-0.39, 0.29) is 5.97 Å². The number of fused-ring (bicyclic) bond motifs is 1. The summed E-state index contributed by atoms with van der Waals surface area (Å²) in [4.78, 5) is 26.5. The molecule has 12 nitrogen and oxygen atoms in total. The summed E-state index contributed by atoms with van der Waals surface area (Å²) < 4.78 is 16.5. The first-order valence-electron chi connectivity index (χ1n) is 20.5. The number of hydrazine groups is 1. The van der Waals surface area contributed by atoms with Crippen LogP contribution in [0.25, 0.3) is 10.8 Å². The van der Waals surface area contributed by atoms with E-state index in [1.165, 1.54) is 5.69 Å². The van der Waals surface area contributed by atoms with Crippen molar-refractivity contribution < 1.29 is 23.8 Å². The second kappa shape index (κ2) is 22.1. The molecular formula is C49H51N7O5. The first-order chi connectivity index (χ1) is 29.8. The van der Waals surface area contributed by atoms with Crippen LogP contribution in [0.1, 0.15) is 56.8 Å². The number of carbonyl (C=O) groups excluding carboxylic acids is 2. The van der Waals surface area contributed by atoms with Crippen LogP contribution in [-0.4, -0.2) is 38.2 Å². The number of hydrogen-bond acceptors (Lipinski definition) is 12. The molecular weight excluding hydrogens is 767 g/mol. The Morgan fingerprint density at radius 2 is 1.18 bits per heavy atom. The number of anilines is 3. The smallest absolute Gasteiger partial charge is 0.343 e. The first-order valence-corrected chi connectivity index (χ1v) is 20.5. The topological polar surface area (TPSA) is 139 Å². The van der Waals surface area contributed by atoms with E-state index in [0.717, 1.165) is 72.3 Å². The van der Waals surface area contributed by atoms with E-state index in [9.17, 15) is 9.59 Å². The van der Waals surface area contributed by atoms with Crippen LogP contribution >= 0.6 is 0 Å². The second-order valence-corrected chi connectivity index (χ2v) is 14.2. The van der Waals surface area contributed by atoms with Crippen molar-refractivity contribution >= 4 is 62.5 Å². The quantitative estimate of drug-likeness (QED) is 0.0183. The third-order valence-electron chi connectivity index (χ3n) is 9.67. The van der Waals surface area contributed by atoms with Crippen LogP contribution in [-0.2, 0) is 9.53 Å². The van der Waals surface area contributed by atoms with Crippen molar-refractivity contribution in [1.29, 1.82) is 0 Å². The molecule has 0 spiro atoms. The summed E-state index contributed by atoms with van der Waals surface area (Å²) in [5.74, 6) is 0.237. The van der Waals surface area contributed by atoms with Gasteiger partial charge in [-0.1, -0.05) is 30.8 Å². The van der Waals surface area contributed by atoms with Gasteiger partial charge in [0.15, 0.2) is 0 Å². The van der Waals surface area contributed by atoms with E-state index in [4.69, 9.17) is 14.2 Å². The first kappa shape index (κ1) is 43.2. The van der Waals surface area contributed by atoms with Crippen molar-refractivity contribution in [2.75, 3.05) is 42.1 Å². The van der Waals surface area contributed by atoms with E-state index in [0.29, 0.717) is 47.2 Å². The van der Waals surface area contributed by atoms with Gasteiger partial charge < -0.3 is 30.0 Å². The molecule has 6 rings (SSSR count). The van der Waals surface area contributed by atoms with Gasteiger partial charge in [0.05, 0.1) is 52.9 Å². The van der Waals surface area contributed by atoms with Gasteiger partial charge in [0, 0.05) is 35.1 Å². The molecule has 6 aromatic rings. The molecule has 12 heteroatoms. The minimum atomic E-state index is -0.477. The number of azo groups is 2. The fourth-order valence-electron chi connectivity index (χ4n) is 6.25. The highest BCUT2D eigenvalue weighted by Gasteiger charge is 2.10. The lowest BCUT2D eigenvalue weighted by Gasteiger charge is -2.20. The second-order valence-electron chi connectivity index (χ2n) is 14.2. The van der Waals surface area contributed by atoms with Gasteiger partial charge in [0.1, 0.15) is 11.5 Å². The Labute approximate surface area is 357 Å². The predicted molar refractivity (Wildman–Crippen MR) is 244 cm³/mol. The number of nitrogens with zero attached hydrogens (tertiary/aromatic N) is 5. The number of unbranched alkanes of at least 4 members (excludes halogenated alkanes) is 3. The van der Waals surface area contributed by atoms with Gasteiger partial charge in [0.25, 0.3) is 0 Å². The van der Waals surface area contributed by atoms with Gasteiger partial charge in [-0.25, -0.2) is 9.59 Å². The molecule has 0 aliphatic heterocycles. The number of hydrogen-bond donors (Lipinski definition) is 2. The van der Waals surface area contributed by atoms with Crippen LogP contribution in [0.3, 0.4) is 0 Å². The van der Waals surface area contributed by atoms with Gasteiger partial charge in [-0.3, -0.25) is 0 Å². The van der Waals surface area contributed by atoms with Crippen molar-refractivity contribution in [3.63, 3.8) is 0 Å². The molecule has 0 aliphatic carbocycles. The maximum absolute atomic E-state index is 12.8. The van der Waals surface area contributed by atoms with Gasteiger partial charge in [-0.05, 0) is 156 Å². The molecule has 0 saturated carbocycles. The standard InChI is InChI=1S/C49H51N7O5/c1-5-56(6-2)41-25-21-39(22-26-41)51-50-37-17-19-38(20-18-37)52-54-46-31-32-47(45-14-10-9-13-44(45)46)55-53-40-23-29-43(30-24-40)61-49(58)36-15-27-42(28-16-36)59-33-11-7-8-12-34-60-48(57)35(3)4/h9-10,13-32,52,54H,3,5-8,11-12,33-34H2,1-2,4H3. The Morgan fingerprint density at radius 1 is 0.607 bits per heavy atom. The molecule has 312 valence electrons. The summed E-state index contributed by atoms with van der Waals surface area (Å²) in [5, 5.41) is 19.7. The van der Waals surface area contributed by atoms with Gasteiger partial charge in [-0.15, -0.1) is 5.11 Å². The highest BCUT2D eigenvalue weighted by atomic mass is 16.5. The maximum Gasteiger partial charge on any atom is 0.343 e. The third kappa shape index (κ3) is 12.8. The predicted octanol–water partition coefficient (Wildman–Crippen LogP) is 13.2. The molecule has 61 heavy (non-hydrogen) atoms. The number of rotatable bonds is 21. The highest BCUT2D eigenvalue weighted by molar-refractivity contribution is 6.01. The molecule has 0 radical (unpaired) electrons. The van der Waals surface area contributed by atoms with E-state index >= 15 is 0 Å². The lowest BCUT2D eigenvalue weighted by atomic mass is 10.1. The fraction of sp³-hybridized carbons (Fsp3) is 0.224. The molecule has 0 saturated heterocycles. The number of nitrogens with one attached hydrogen (secondary N) is 2. The molecule has 0 heterocycles. The van der Waals surface area contributed by atoms with Crippen LogP contribution in [0.5, 0.6) is 11.5 Å². The summed E-state index contributed by atoms with van der Waals surface area (Å²) in [6, 6.07) is 41.4. The van der Waals surface area contributed by atoms with E-state index in [2.05, 4.69) is 68.8 Å². The Balaban J connectivity index is 0.959. The minimum absolute atomic E-state index is 0.351. The van der Waals surface area contributed by atoms with Gasteiger partial charge in [-0.2, -0.15) is 15.3 Å². The van der Waals surface area contributed by atoms with E-state index in [1.807, 2.05) is 72.8 Å². The molecule has 0 bridgehead atoms. The van der Waals surface area contributed by atoms with Gasteiger partial charge in [0.2, 0.25) is 0 Å². The van der Waals surface area contributed by atoms with Gasteiger partial charge >= 0.3 is 11.9 Å². The van der Waals surface area contributed by atoms with Crippen molar-refractivity contribution in [2.24, 2.45) is 20.5 Å². The summed E-state index contributed by atoms with van der Waals surface area (Å²) in [7, 11) is 0. The summed E-state index contributed by atoms with van der Waals surface area (Å²) in [5.41, 5.74) is 13.2. The van der Waals surface area contributed by atoms with Crippen LogP contribution in [0.2, 0.25) is 0 Å². The SMILES string of the molecule is C=C(C)C(=O)OCCCCCCOc1ccc(C(=O)Oc2ccc(N=Nc3ccc(NNc4ccc(N=Nc5ccc(N(CC)CC)cc5)cc4)c4ccccc34)cc2)cc1. The maximum atomic E-state index is 12.8. The molecule has 2 N–H and O–H groups in total. The summed E-state index contributed by atoms with van der Waals surface area (Å²) in [6.07, 6.45) is 3.56. The molecule has 0 unspecified atom stereocenters. The Morgan fingerprint density at radius 3 is 1.82 bits per heavy atom. The van der Waals surface area contributed by atoms with Crippen LogP contribution in [0, 0.1) is 0 Å². The molecule has 0 fully saturated rings. The fourth-order valence-corrected chi connectivity index (χ4v) is 6.25. The number of ether oxygens (including phenoxy) is 3. The monoisotopic (exact) mass is 817 g/mol. The average molecular weight is 818 g/mol. The Hall–Kier alpha value is -7.34. The molecule has 0 amide bonds. The van der Waals surface area contributed by atoms with Crippen LogP contribution in [0.4, 0.5) is 39.8 Å². The van der Waals surface area contributed by atoms with Crippen LogP contribution in [0.15, 0.2) is 166 Å². The largest absolute Gasteiger partial charge is 0.494 e. The lowest BCUT2D eigenvalue weighted by molar-refractivity contribution is -0.139. The molecule has 6 aromatic carbocycles. The molecule has 0 atom stereocenters. The zero-order chi connectivity index (χ0) is 42.8. The number of esters is 2. The summed E-state index contributed by atoms with van der Waals surface area (Å²) in [6.45, 7) is 12.4. The molecule has 0 aliphatic rings. The zero-order valence-corrected chi connectivity index (χ0v) is 34.8. The highest BCUT2D eigenvalue weighted by Crippen LogP contribution is 2.33. The van der Waals surface area contributed by atoms with Crippen molar-refractivity contribution in [1.82, 2.24) is 0 Å². The Kier molecular flexibility index (Phi) is 15.7. The van der Waals surface area contributed by atoms with E-state index < -0.39 is 5.97 Å². The van der Waals surface area contributed by atoms with Crippen LogP contribution < -0.4 is 25.2 Å². The van der Waals surface area contributed by atoms with Crippen molar-refractivity contribution in [3.05, 3.63) is 151 Å². The lowest BCUT2D eigenvalue weighted by Crippen LogP contribution is -2.21. The Bertz CT molecular complexity index is 2430. The number of benzene rings is 6. The summed E-state index contributed by atoms with van der Waals surface area (Å²) >= 11 is 0. The average Bonchev–Trinajstić information content (AvgIpc) is 3.29. The van der Waals surface area contributed by atoms with Crippen molar-refractivity contribution in [2.45, 2.75) is 46.5 Å². The third-order valence-corrected chi connectivity index (χ3v) is 9.67. The minimum Gasteiger partial charge on any atom is -0.494 e.